The Balaban J connectivity index is 1.74. The van der Waals surface area contributed by atoms with Crippen LogP contribution in [-0.2, 0) is 4.79 Å². The maximum atomic E-state index is 12.2. The van der Waals surface area contributed by atoms with Gasteiger partial charge in [0.15, 0.2) is 6.61 Å². The number of hydrogen-bond acceptors (Lipinski definition) is 6. The lowest BCUT2D eigenvalue weighted by Crippen LogP contribution is -2.35. The molecular formula is C19H13ClN2O5. The first-order valence-corrected chi connectivity index (χ1v) is 8.36. The Hall–Kier alpha value is -3.32. The molecule has 0 radical (unpaired) electrons. The molecule has 4 rings (SSSR count). The molecule has 0 atom stereocenters. The maximum absolute atomic E-state index is 12.2. The van der Waals surface area contributed by atoms with E-state index in [-0.39, 0.29) is 23.8 Å². The fourth-order valence-electron chi connectivity index (χ4n) is 2.93. The first-order valence-electron chi connectivity index (χ1n) is 7.99. The number of nitrogens with one attached hydrogen (secondary N) is 2. The second kappa shape index (κ2) is 6.44. The molecule has 0 fully saturated rings. The van der Waals surface area contributed by atoms with E-state index >= 15 is 0 Å². The number of carbonyl (C=O) groups is 1. The zero-order valence-electron chi connectivity index (χ0n) is 14.1. The second-order valence-corrected chi connectivity index (χ2v) is 6.36. The van der Waals surface area contributed by atoms with E-state index in [1.165, 1.54) is 7.11 Å². The highest BCUT2D eigenvalue weighted by Crippen LogP contribution is 2.36. The van der Waals surface area contributed by atoms with Crippen LogP contribution >= 0.6 is 11.6 Å². The summed E-state index contributed by atoms with van der Waals surface area (Å²) in [6.07, 6.45) is 0. The van der Waals surface area contributed by atoms with Gasteiger partial charge in [0.1, 0.15) is 17.2 Å². The molecule has 7 nitrogen and oxygen atoms in total. The van der Waals surface area contributed by atoms with Gasteiger partial charge < -0.3 is 20.1 Å². The van der Waals surface area contributed by atoms with Crippen LogP contribution < -0.4 is 31.0 Å². The maximum Gasteiger partial charge on any atom is 0.262 e. The summed E-state index contributed by atoms with van der Waals surface area (Å²) < 4.78 is 10.6. The van der Waals surface area contributed by atoms with Crippen molar-refractivity contribution in [2.75, 3.05) is 24.4 Å². The van der Waals surface area contributed by atoms with Gasteiger partial charge in [-0.3, -0.25) is 14.4 Å². The molecule has 0 bridgehead atoms. The summed E-state index contributed by atoms with van der Waals surface area (Å²) in [5.41, 5.74) is 0.667. The van der Waals surface area contributed by atoms with Crippen molar-refractivity contribution in [3.05, 3.63) is 61.9 Å². The van der Waals surface area contributed by atoms with Crippen LogP contribution in [0, 0.1) is 0 Å². The van der Waals surface area contributed by atoms with E-state index in [2.05, 4.69) is 10.6 Å². The fourth-order valence-corrected chi connectivity index (χ4v) is 3.10. The van der Waals surface area contributed by atoms with Crippen molar-refractivity contribution in [2.45, 2.75) is 0 Å². The molecule has 27 heavy (non-hydrogen) atoms. The Bertz CT molecular complexity index is 1150. The third kappa shape index (κ3) is 2.92. The quantitative estimate of drug-likeness (QED) is 0.672. The molecule has 0 aliphatic carbocycles. The summed E-state index contributed by atoms with van der Waals surface area (Å²) in [4.78, 5) is 35.7. The van der Waals surface area contributed by atoms with Crippen molar-refractivity contribution in [3.8, 4) is 22.6 Å². The molecule has 1 aliphatic heterocycles. The van der Waals surface area contributed by atoms with Crippen molar-refractivity contribution >= 4 is 34.6 Å². The summed E-state index contributed by atoms with van der Waals surface area (Å²) in [5.74, 6) is 0.668. The lowest BCUT2D eigenvalue weighted by atomic mass is 9.97. The van der Waals surface area contributed by atoms with Gasteiger partial charge in [-0.05, 0) is 35.9 Å². The zero-order chi connectivity index (χ0) is 19.1. The van der Waals surface area contributed by atoms with Crippen LogP contribution in [0.2, 0.25) is 5.02 Å². The number of rotatable bonds is 4. The normalized spacial score (nSPS) is 12.9. The number of carbonyl (C=O) groups excluding carboxylic acids is 1. The van der Waals surface area contributed by atoms with Gasteiger partial charge >= 0.3 is 0 Å². The molecule has 0 saturated carbocycles. The Kier molecular flexibility index (Phi) is 4.08. The lowest BCUT2D eigenvalue weighted by molar-refractivity contribution is -0.118. The van der Waals surface area contributed by atoms with Crippen LogP contribution in [0.25, 0.3) is 11.1 Å². The number of methoxy groups -OCH3 is 1. The van der Waals surface area contributed by atoms with Crippen molar-refractivity contribution in [3.63, 3.8) is 0 Å². The topological polar surface area (TPSA) is 93.7 Å². The van der Waals surface area contributed by atoms with Crippen LogP contribution in [-0.4, -0.2) is 19.6 Å². The predicted octanol–water partition coefficient (Wildman–Crippen LogP) is 2.69. The molecule has 1 amide bonds. The highest BCUT2D eigenvalue weighted by Gasteiger charge is 2.25. The Labute approximate surface area is 158 Å². The molecule has 0 aromatic heterocycles. The molecule has 0 unspecified atom stereocenters. The first-order chi connectivity index (χ1) is 13.0. The summed E-state index contributed by atoms with van der Waals surface area (Å²) >= 11 is 6.01. The van der Waals surface area contributed by atoms with Crippen molar-refractivity contribution in [1.82, 2.24) is 0 Å². The van der Waals surface area contributed by atoms with Gasteiger partial charge in [0, 0.05) is 5.02 Å². The molecule has 8 heteroatoms. The third-order valence-electron chi connectivity index (χ3n) is 4.23. The molecule has 136 valence electrons. The number of fused-ring (bicyclic) bond motifs is 1. The monoisotopic (exact) mass is 384 g/mol. The predicted molar refractivity (Wildman–Crippen MR) is 102 cm³/mol. The van der Waals surface area contributed by atoms with Crippen LogP contribution in [0.3, 0.4) is 0 Å². The third-order valence-corrected chi connectivity index (χ3v) is 4.47. The van der Waals surface area contributed by atoms with E-state index in [0.29, 0.717) is 33.5 Å². The number of benzene rings is 2. The molecule has 3 aromatic carbocycles. The van der Waals surface area contributed by atoms with Crippen molar-refractivity contribution < 1.29 is 14.3 Å². The van der Waals surface area contributed by atoms with Gasteiger partial charge in [-0.1, -0.05) is 17.7 Å². The summed E-state index contributed by atoms with van der Waals surface area (Å²) in [7, 11) is 1.49. The highest BCUT2D eigenvalue weighted by molar-refractivity contribution is 6.31. The minimum absolute atomic E-state index is 0.104. The van der Waals surface area contributed by atoms with Crippen molar-refractivity contribution in [1.29, 1.82) is 0 Å². The Morgan fingerprint density at radius 1 is 1.11 bits per heavy atom. The van der Waals surface area contributed by atoms with E-state index in [0.717, 1.165) is 0 Å². The largest absolute Gasteiger partial charge is 0.495 e. The average molecular weight is 385 g/mol. The van der Waals surface area contributed by atoms with Gasteiger partial charge in [0.2, 0.25) is 5.43 Å². The van der Waals surface area contributed by atoms with Gasteiger partial charge in [0.05, 0.1) is 24.0 Å². The SMILES string of the molecule is COc1ccc(Cl)cc1Nc1c(-c2ccc3c(c2)OCC(=O)N3)c(=O)c1=O. The molecule has 3 aromatic rings. The van der Waals surface area contributed by atoms with E-state index in [9.17, 15) is 14.4 Å². The second-order valence-electron chi connectivity index (χ2n) is 5.93. The molecule has 0 saturated heterocycles. The lowest BCUT2D eigenvalue weighted by Gasteiger charge is -2.20. The molecular weight excluding hydrogens is 372 g/mol. The number of hydrogen-bond donors (Lipinski definition) is 2. The fraction of sp³-hybridized carbons (Fsp3) is 0.105. The average Bonchev–Trinajstić information content (AvgIpc) is 2.67. The van der Waals surface area contributed by atoms with Gasteiger partial charge in [-0.15, -0.1) is 0 Å². The molecule has 1 heterocycles. The Morgan fingerprint density at radius 2 is 1.93 bits per heavy atom. The van der Waals surface area contributed by atoms with Gasteiger partial charge in [-0.25, -0.2) is 0 Å². The standard InChI is InChI=1S/C19H13ClN2O5/c1-26-13-5-3-10(20)7-12(13)22-17-16(18(24)19(17)25)9-2-4-11-14(6-9)27-8-15(23)21-11/h2-7,22H,8H2,1H3,(H,21,23). The van der Waals surface area contributed by atoms with Crippen LogP contribution in [0.4, 0.5) is 17.1 Å². The highest BCUT2D eigenvalue weighted by atomic mass is 35.5. The van der Waals surface area contributed by atoms with Crippen LogP contribution in [0.1, 0.15) is 0 Å². The van der Waals surface area contributed by atoms with E-state index in [1.807, 2.05) is 0 Å². The van der Waals surface area contributed by atoms with Crippen LogP contribution in [0.5, 0.6) is 11.5 Å². The minimum atomic E-state index is -0.626. The summed E-state index contributed by atoms with van der Waals surface area (Å²) in [5, 5.41) is 6.07. The summed E-state index contributed by atoms with van der Waals surface area (Å²) in [6.45, 7) is -0.104. The van der Waals surface area contributed by atoms with Gasteiger partial charge in [-0.2, -0.15) is 0 Å². The van der Waals surface area contributed by atoms with E-state index in [4.69, 9.17) is 21.1 Å². The van der Waals surface area contributed by atoms with E-state index in [1.54, 1.807) is 36.4 Å². The number of anilines is 3. The number of ether oxygens (including phenoxy) is 2. The van der Waals surface area contributed by atoms with Crippen LogP contribution in [0.15, 0.2) is 46.0 Å². The molecule has 0 spiro atoms. The van der Waals surface area contributed by atoms with Gasteiger partial charge in [0.25, 0.3) is 11.3 Å². The number of amides is 1. The minimum Gasteiger partial charge on any atom is -0.495 e. The zero-order valence-corrected chi connectivity index (χ0v) is 14.8. The van der Waals surface area contributed by atoms with E-state index < -0.39 is 10.9 Å². The first kappa shape index (κ1) is 17.1. The van der Waals surface area contributed by atoms with Crippen molar-refractivity contribution in [2.24, 2.45) is 0 Å². The number of halogens is 1. The Morgan fingerprint density at radius 3 is 2.70 bits per heavy atom. The smallest absolute Gasteiger partial charge is 0.262 e. The molecule has 1 aliphatic rings. The summed E-state index contributed by atoms with van der Waals surface area (Å²) in [6, 6.07) is 9.81. The molecule has 2 N–H and O–H groups in total.